The Labute approximate surface area is 95.3 Å². The molecule has 0 amide bonds. The van der Waals surface area contributed by atoms with Crippen molar-refractivity contribution >= 4 is 27.4 Å². The SMILES string of the molecule is NS(=O)(=O)CCSc1cncc2nnnn12. The predicted molar refractivity (Wildman–Crippen MR) is 57.3 cm³/mol. The van der Waals surface area contributed by atoms with Crippen molar-refractivity contribution in [3.05, 3.63) is 12.4 Å². The number of nitrogens with two attached hydrogens (primary N) is 1. The van der Waals surface area contributed by atoms with Gasteiger partial charge >= 0.3 is 0 Å². The Morgan fingerprint density at radius 1 is 1.44 bits per heavy atom. The third-order valence-corrected chi connectivity index (χ3v) is 3.71. The highest BCUT2D eigenvalue weighted by Gasteiger charge is 2.07. The molecule has 0 radical (unpaired) electrons. The third-order valence-electron chi connectivity index (χ3n) is 1.70. The number of nitrogens with zero attached hydrogens (tertiary/aromatic N) is 5. The summed E-state index contributed by atoms with van der Waals surface area (Å²) < 4.78 is 23.0. The van der Waals surface area contributed by atoms with Gasteiger partial charge < -0.3 is 0 Å². The summed E-state index contributed by atoms with van der Waals surface area (Å²) in [5.41, 5.74) is 0.514. The lowest BCUT2D eigenvalue weighted by Gasteiger charge is -2.01. The molecule has 0 atom stereocenters. The first-order valence-electron chi connectivity index (χ1n) is 4.22. The molecule has 0 spiro atoms. The van der Waals surface area contributed by atoms with Gasteiger partial charge in [-0.05, 0) is 10.4 Å². The van der Waals surface area contributed by atoms with Crippen LogP contribution in [0.1, 0.15) is 0 Å². The highest BCUT2D eigenvalue weighted by molar-refractivity contribution is 8.00. The van der Waals surface area contributed by atoms with E-state index in [9.17, 15) is 8.42 Å². The average Bonchev–Trinajstić information content (AvgIpc) is 2.64. The first-order valence-corrected chi connectivity index (χ1v) is 6.92. The van der Waals surface area contributed by atoms with E-state index in [1.807, 2.05) is 0 Å². The van der Waals surface area contributed by atoms with E-state index in [4.69, 9.17) is 5.14 Å². The smallest absolute Gasteiger partial charge is 0.209 e. The normalized spacial score (nSPS) is 12.1. The number of hydrogen-bond donors (Lipinski definition) is 1. The van der Waals surface area contributed by atoms with Gasteiger partial charge in [0.1, 0.15) is 5.03 Å². The van der Waals surface area contributed by atoms with Crippen LogP contribution < -0.4 is 5.14 Å². The molecule has 2 heterocycles. The van der Waals surface area contributed by atoms with E-state index in [1.54, 1.807) is 6.20 Å². The van der Waals surface area contributed by atoms with Crippen LogP contribution in [0.4, 0.5) is 0 Å². The second-order valence-electron chi connectivity index (χ2n) is 2.91. The lowest BCUT2D eigenvalue weighted by atomic mass is 10.7. The molecular weight excluding hydrogens is 252 g/mol. The molecule has 0 aliphatic rings. The summed E-state index contributed by atoms with van der Waals surface area (Å²) in [5.74, 6) is 0.232. The summed E-state index contributed by atoms with van der Waals surface area (Å²) in [6, 6.07) is 0. The van der Waals surface area contributed by atoms with Crippen LogP contribution in [-0.4, -0.2) is 44.9 Å². The summed E-state index contributed by atoms with van der Waals surface area (Å²) in [6.45, 7) is 0. The Morgan fingerprint density at radius 2 is 2.25 bits per heavy atom. The number of aromatic nitrogens is 5. The van der Waals surface area contributed by atoms with Gasteiger partial charge in [-0.1, -0.05) is 0 Å². The van der Waals surface area contributed by atoms with Gasteiger partial charge in [0.2, 0.25) is 10.0 Å². The molecule has 2 rings (SSSR count). The van der Waals surface area contributed by atoms with E-state index >= 15 is 0 Å². The quantitative estimate of drug-likeness (QED) is 0.693. The number of hydrogen-bond acceptors (Lipinski definition) is 7. The zero-order valence-electron chi connectivity index (χ0n) is 8.02. The van der Waals surface area contributed by atoms with Gasteiger partial charge in [-0.2, -0.15) is 4.52 Å². The maximum Gasteiger partial charge on any atom is 0.209 e. The minimum atomic E-state index is -3.44. The molecule has 16 heavy (non-hydrogen) atoms. The molecule has 2 aromatic heterocycles. The standard InChI is InChI=1S/C6H8N6O2S2/c7-16(13,14)2-1-15-6-4-8-3-5-9-10-11-12(5)6/h3-4H,1-2H2,(H2,7,13,14). The molecule has 0 saturated heterocycles. The molecule has 8 nitrogen and oxygen atoms in total. The molecule has 0 aliphatic carbocycles. The fraction of sp³-hybridized carbons (Fsp3) is 0.333. The topological polar surface area (TPSA) is 116 Å². The summed E-state index contributed by atoms with van der Waals surface area (Å²) in [7, 11) is -3.44. The minimum absolute atomic E-state index is 0.101. The van der Waals surface area contributed by atoms with Crippen molar-refractivity contribution in [3.8, 4) is 0 Å². The zero-order chi connectivity index (χ0) is 11.6. The minimum Gasteiger partial charge on any atom is -0.258 e. The van der Waals surface area contributed by atoms with E-state index in [0.717, 1.165) is 0 Å². The Kier molecular flexibility index (Phi) is 3.03. The van der Waals surface area contributed by atoms with Gasteiger partial charge in [-0.3, -0.25) is 4.98 Å². The Hall–Kier alpha value is -1.26. The molecular formula is C6H8N6O2S2. The second-order valence-corrected chi connectivity index (χ2v) is 5.76. The zero-order valence-corrected chi connectivity index (χ0v) is 9.65. The third kappa shape index (κ3) is 2.65. The molecule has 0 unspecified atom stereocenters. The van der Waals surface area contributed by atoms with Gasteiger partial charge in [-0.15, -0.1) is 16.9 Å². The number of thioether (sulfide) groups is 1. The predicted octanol–water partition coefficient (Wildman–Crippen LogP) is -1.10. The fourth-order valence-electron chi connectivity index (χ4n) is 1.01. The van der Waals surface area contributed by atoms with Gasteiger partial charge in [0, 0.05) is 5.75 Å². The Balaban J connectivity index is 2.12. The monoisotopic (exact) mass is 260 g/mol. The van der Waals surface area contributed by atoms with Crippen molar-refractivity contribution in [2.75, 3.05) is 11.5 Å². The molecule has 86 valence electrons. The van der Waals surface area contributed by atoms with Crippen molar-refractivity contribution in [1.29, 1.82) is 0 Å². The summed E-state index contributed by atoms with van der Waals surface area (Å²) in [6.07, 6.45) is 3.08. The van der Waals surface area contributed by atoms with Crippen LogP contribution in [0.5, 0.6) is 0 Å². The second kappa shape index (κ2) is 4.31. The van der Waals surface area contributed by atoms with Gasteiger partial charge in [0.25, 0.3) is 0 Å². The number of tetrazole rings is 1. The Morgan fingerprint density at radius 3 is 3.00 bits per heavy atom. The Bertz CT molecular complexity index is 594. The van der Waals surface area contributed by atoms with Crippen LogP contribution in [-0.2, 0) is 10.0 Å². The largest absolute Gasteiger partial charge is 0.258 e. The van der Waals surface area contributed by atoms with Crippen LogP contribution in [0.15, 0.2) is 17.4 Å². The number of rotatable bonds is 4. The molecule has 0 fully saturated rings. The summed E-state index contributed by atoms with van der Waals surface area (Å²) in [4.78, 5) is 3.94. The van der Waals surface area contributed by atoms with E-state index in [2.05, 4.69) is 20.5 Å². The molecule has 2 aromatic rings. The average molecular weight is 260 g/mol. The lowest BCUT2D eigenvalue weighted by molar-refractivity contribution is 0.599. The molecule has 0 aromatic carbocycles. The lowest BCUT2D eigenvalue weighted by Crippen LogP contribution is -2.18. The molecule has 0 aliphatic heterocycles. The van der Waals surface area contributed by atoms with Crippen molar-refractivity contribution < 1.29 is 8.42 Å². The van der Waals surface area contributed by atoms with Gasteiger partial charge in [-0.25, -0.2) is 13.6 Å². The van der Waals surface area contributed by atoms with Crippen LogP contribution >= 0.6 is 11.8 Å². The fourth-order valence-corrected chi connectivity index (χ4v) is 2.87. The maximum absolute atomic E-state index is 10.7. The van der Waals surface area contributed by atoms with Gasteiger partial charge in [0.05, 0.1) is 18.1 Å². The highest BCUT2D eigenvalue weighted by atomic mass is 32.2. The van der Waals surface area contributed by atoms with Crippen molar-refractivity contribution in [2.24, 2.45) is 5.14 Å². The summed E-state index contributed by atoms with van der Waals surface area (Å²) >= 11 is 1.28. The van der Waals surface area contributed by atoms with E-state index in [0.29, 0.717) is 16.4 Å². The molecule has 2 N–H and O–H groups in total. The van der Waals surface area contributed by atoms with E-state index in [-0.39, 0.29) is 5.75 Å². The summed E-state index contributed by atoms with van der Waals surface area (Å²) in [5, 5.41) is 16.5. The molecule has 10 heteroatoms. The van der Waals surface area contributed by atoms with E-state index < -0.39 is 10.0 Å². The van der Waals surface area contributed by atoms with Crippen molar-refractivity contribution in [3.63, 3.8) is 0 Å². The first kappa shape index (κ1) is 11.2. The van der Waals surface area contributed by atoms with Crippen LogP contribution in [0, 0.1) is 0 Å². The van der Waals surface area contributed by atoms with Crippen molar-refractivity contribution in [1.82, 2.24) is 25.0 Å². The van der Waals surface area contributed by atoms with Crippen molar-refractivity contribution in [2.45, 2.75) is 5.03 Å². The maximum atomic E-state index is 10.7. The molecule has 0 bridgehead atoms. The number of sulfonamides is 1. The van der Waals surface area contributed by atoms with Crippen LogP contribution in [0.2, 0.25) is 0 Å². The van der Waals surface area contributed by atoms with Crippen LogP contribution in [0.3, 0.4) is 0 Å². The van der Waals surface area contributed by atoms with Gasteiger partial charge in [0.15, 0.2) is 5.65 Å². The highest BCUT2D eigenvalue weighted by Crippen LogP contribution is 2.16. The number of primary sulfonamides is 1. The molecule has 0 saturated carbocycles. The number of fused-ring (bicyclic) bond motifs is 1. The van der Waals surface area contributed by atoms with E-state index in [1.165, 1.54) is 22.5 Å². The van der Waals surface area contributed by atoms with Crippen LogP contribution in [0.25, 0.3) is 5.65 Å². The first-order chi connectivity index (χ1) is 7.56.